The van der Waals surface area contributed by atoms with E-state index < -0.39 is 5.78 Å². The number of Topliss-reactive ketones (excluding diaryl/α,β-unsaturated/α-hetero) is 1. The van der Waals surface area contributed by atoms with Crippen LogP contribution in [0.15, 0.2) is 22.6 Å². The number of nitriles is 1. The van der Waals surface area contributed by atoms with Crippen LogP contribution >= 0.6 is 22.7 Å². The number of aryl methyl sites for hydroxylation is 1. The van der Waals surface area contributed by atoms with Crippen LogP contribution in [0, 0.1) is 18.3 Å². The highest BCUT2D eigenvalue weighted by Gasteiger charge is 2.15. The summed E-state index contributed by atoms with van der Waals surface area (Å²) in [7, 11) is 0. The number of hydrogen-bond acceptors (Lipinski definition) is 8. The first-order chi connectivity index (χ1) is 8.70. The van der Waals surface area contributed by atoms with Gasteiger partial charge in [-0.3, -0.25) is 4.79 Å². The van der Waals surface area contributed by atoms with Crippen molar-refractivity contribution in [3.8, 4) is 6.07 Å². The van der Waals surface area contributed by atoms with Gasteiger partial charge in [0.05, 0.1) is 4.88 Å². The Kier molecular flexibility index (Phi) is 3.76. The summed E-state index contributed by atoms with van der Waals surface area (Å²) in [6.45, 7) is 1.80. The fraction of sp³-hybridized carbons (Fsp3) is 0.100. The fourth-order valence-electron chi connectivity index (χ4n) is 1.10. The second-order valence-electron chi connectivity index (χ2n) is 3.12. The molecule has 0 spiro atoms. The van der Waals surface area contributed by atoms with E-state index in [0.29, 0.717) is 10.0 Å². The maximum atomic E-state index is 11.8. The van der Waals surface area contributed by atoms with Gasteiger partial charge < -0.3 is 0 Å². The number of thiophene rings is 1. The highest BCUT2D eigenvalue weighted by molar-refractivity contribution is 7.15. The van der Waals surface area contributed by atoms with Crippen molar-refractivity contribution >= 4 is 39.3 Å². The van der Waals surface area contributed by atoms with Gasteiger partial charge in [-0.1, -0.05) is 17.4 Å². The third-order valence-electron chi connectivity index (χ3n) is 1.86. The Bertz CT molecular complexity index is 623. The van der Waals surface area contributed by atoms with E-state index in [1.54, 1.807) is 30.5 Å². The quantitative estimate of drug-likeness (QED) is 0.525. The van der Waals surface area contributed by atoms with Crippen LogP contribution in [0.2, 0.25) is 0 Å². The number of carbonyl (C=O) groups is 1. The van der Waals surface area contributed by atoms with Gasteiger partial charge in [0, 0.05) is 0 Å². The molecule has 0 unspecified atom stereocenters. The summed E-state index contributed by atoms with van der Waals surface area (Å²) in [5, 5.41) is 23.2. The molecule has 0 bridgehead atoms. The highest BCUT2D eigenvalue weighted by atomic mass is 32.1. The molecule has 0 atom stereocenters. The van der Waals surface area contributed by atoms with Crippen LogP contribution in [0.1, 0.15) is 14.7 Å². The average molecular weight is 277 g/mol. The lowest BCUT2D eigenvalue weighted by molar-refractivity contribution is 0.107. The molecule has 8 heteroatoms. The summed E-state index contributed by atoms with van der Waals surface area (Å²) in [5.74, 6) is -0.402. The van der Waals surface area contributed by atoms with E-state index in [9.17, 15) is 4.79 Å². The van der Waals surface area contributed by atoms with Gasteiger partial charge in [0.2, 0.25) is 16.6 Å². The number of hydrazone groups is 1. The zero-order valence-corrected chi connectivity index (χ0v) is 10.9. The summed E-state index contributed by atoms with van der Waals surface area (Å²) in [5.41, 5.74) is 2.35. The predicted molar refractivity (Wildman–Crippen MR) is 70.0 cm³/mol. The second-order valence-corrected chi connectivity index (χ2v) is 5.25. The van der Waals surface area contributed by atoms with E-state index in [2.05, 4.69) is 20.7 Å². The molecule has 6 nitrogen and oxygen atoms in total. The molecule has 0 saturated carbocycles. The molecule has 2 rings (SSSR count). The largest absolute Gasteiger partial charge is 0.285 e. The summed E-state index contributed by atoms with van der Waals surface area (Å²) in [6.07, 6.45) is 0. The summed E-state index contributed by atoms with van der Waals surface area (Å²) in [4.78, 5) is 12.3. The van der Waals surface area contributed by atoms with Crippen LogP contribution in [-0.2, 0) is 0 Å². The van der Waals surface area contributed by atoms with Crippen molar-refractivity contribution in [3.63, 3.8) is 0 Å². The summed E-state index contributed by atoms with van der Waals surface area (Å²) >= 11 is 2.56. The zero-order valence-electron chi connectivity index (χ0n) is 9.25. The molecule has 18 heavy (non-hydrogen) atoms. The molecule has 0 aliphatic carbocycles. The molecule has 1 N–H and O–H groups in total. The first kappa shape index (κ1) is 12.3. The van der Waals surface area contributed by atoms with Crippen LogP contribution in [0.25, 0.3) is 0 Å². The zero-order chi connectivity index (χ0) is 13.0. The Morgan fingerprint density at radius 1 is 1.56 bits per heavy atom. The van der Waals surface area contributed by atoms with E-state index in [4.69, 9.17) is 5.26 Å². The normalized spacial score (nSPS) is 11.0. The monoisotopic (exact) mass is 277 g/mol. The number of rotatable bonds is 4. The van der Waals surface area contributed by atoms with Gasteiger partial charge >= 0.3 is 0 Å². The van der Waals surface area contributed by atoms with Crippen molar-refractivity contribution in [1.29, 1.82) is 5.26 Å². The molecule has 0 aromatic carbocycles. The number of carbonyl (C=O) groups excluding carboxylic acids is 1. The van der Waals surface area contributed by atoms with Crippen LogP contribution in [0.3, 0.4) is 0 Å². The van der Waals surface area contributed by atoms with Gasteiger partial charge in [0.25, 0.3) is 0 Å². The van der Waals surface area contributed by atoms with Crippen molar-refractivity contribution < 1.29 is 4.79 Å². The molecule has 2 heterocycles. The lowest BCUT2D eigenvalue weighted by Crippen LogP contribution is -2.12. The van der Waals surface area contributed by atoms with Crippen molar-refractivity contribution in [2.24, 2.45) is 5.10 Å². The van der Waals surface area contributed by atoms with E-state index >= 15 is 0 Å². The minimum atomic E-state index is -0.402. The minimum absolute atomic E-state index is 0.203. The van der Waals surface area contributed by atoms with Crippen molar-refractivity contribution in [2.45, 2.75) is 6.92 Å². The molecular weight excluding hydrogens is 270 g/mol. The van der Waals surface area contributed by atoms with Gasteiger partial charge in [-0.05, 0) is 18.4 Å². The Labute approximate surface area is 111 Å². The molecule has 0 radical (unpaired) electrons. The fourth-order valence-corrected chi connectivity index (χ4v) is 2.30. The first-order valence-corrected chi connectivity index (χ1v) is 6.52. The van der Waals surface area contributed by atoms with Crippen molar-refractivity contribution in [3.05, 3.63) is 27.4 Å². The third-order valence-corrected chi connectivity index (χ3v) is 3.47. The number of nitrogens with one attached hydrogen (secondary N) is 1. The maximum absolute atomic E-state index is 11.8. The topological polar surface area (TPSA) is 91.0 Å². The predicted octanol–water partition coefficient (Wildman–Crippen LogP) is 2.08. The Balaban J connectivity index is 2.14. The molecular formula is C10H7N5OS2. The van der Waals surface area contributed by atoms with E-state index in [-0.39, 0.29) is 5.71 Å². The van der Waals surface area contributed by atoms with Gasteiger partial charge in [-0.15, -0.1) is 21.5 Å². The van der Waals surface area contributed by atoms with Gasteiger partial charge in [-0.25, -0.2) is 5.43 Å². The molecule has 0 aliphatic rings. The molecule has 2 aromatic rings. The standard InChI is InChI=1S/C10H7N5OS2/c1-6-12-14-10(18-6)15-13-7(5-11)9(16)8-3-2-4-17-8/h2-4H,1H3,(H,14,15)/b13-7+. The molecule has 0 aliphatic heterocycles. The Morgan fingerprint density at radius 3 is 2.94 bits per heavy atom. The Hall–Kier alpha value is -2.11. The number of anilines is 1. The summed E-state index contributed by atoms with van der Waals surface area (Å²) in [6, 6.07) is 5.16. The van der Waals surface area contributed by atoms with E-state index in [0.717, 1.165) is 5.01 Å². The van der Waals surface area contributed by atoms with Crippen LogP contribution in [0.5, 0.6) is 0 Å². The van der Waals surface area contributed by atoms with Crippen LogP contribution in [-0.4, -0.2) is 21.7 Å². The molecule has 90 valence electrons. The maximum Gasteiger partial charge on any atom is 0.233 e. The highest BCUT2D eigenvalue weighted by Crippen LogP contribution is 2.14. The first-order valence-electron chi connectivity index (χ1n) is 4.83. The van der Waals surface area contributed by atoms with Crippen molar-refractivity contribution in [1.82, 2.24) is 10.2 Å². The van der Waals surface area contributed by atoms with Crippen molar-refractivity contribution in [2.75, 3.05) is 5.43 Å². The van der Waals surface area contributed by atoms with Gasteiger partial charge in [0.15, 0.2) is 0 Å². The van der Waals surface area contributed by atoms with Gasteiger partial charge in [-0.2, -0.15) is 10.4 Å². The lowest BCUT2D eigenvalue weighted by atomic mass is 10.2. The van der Waals surface area contributed by atoms with E-state index in [1.807, 2.05) is 0 Å². The molecule has 2 aromatic heterocycles. The second kappa shape index (κ2) is 5.48. The van der Waals surface area contributed by atoms with Crippen LogP contribution in [0.4, 0.5) is 5.13 Å². The number of hydrogen-bond donors (Lipinski definition) is 1. The Morgan fingerprint density at radius 2 is 2.39 bits per heavy atom. The molecule has 0 amide bonds. The van der Waals surface area contributed by atoms with Gasteiger partial charge in [0.1, 0.15) is 11.1 Å². The SMILES string of the molecule is Cc1nnc(N/N=C(\C#N)C(=O)c2cccs2)s1. The lowest BCUT2D eigenvalue weighted by Gasteiger charge is -1.95. The average Bonchev–Trinajstić information content (AvgIpc) is 3.01. The number of ketones is 1. The summed E-state index contributed by atoms with van der Waals surface area (Å²) < 4.78 is 0. The number of aromatic nitrogens is 2. The molecule has 0 saturated heterocycles. The minimum Gasteiger partial charge on any atom is -0.285 e. The number of nitrogens with zero attached hydrogens (tertiary/aromatic N) is 4. The smallest absolute Gasteiger partial charge is 0.233 e. The molecule has 0 fully saturated rings. The third kappa shape index (κ3) is 2.77. The van der Waals surface area contributed by atoms with Crippen LogP contribution < -0.4 is 5.43 Å². The van der Waals surface area contributed by atoms with E-state index in [1.165, 1.54) is 22.7 Å².